The minimum atomic E-state index is -0.0733. The summed E-state index contributed by atoms with van der Waals surface area (Å²) < 4.78 is 7.13. The molecule has 0 aromatic carbocycles. The third-order valence-corrected chi connectivity index (χ3v) is 4.64. The predicted molar refractivity (Wildman–Crippen MR) is 87.7 cm³/mol. The number of carbonyl (C=O) groups is 1. The molecule has 6 nitrogen and oxygen atoms in total. The van der Waals surface area contributed by atoms with Crippen molar-refractivity contribution in [1.82, 2.24) is 19.9 Å². The van der Waals surface area contributed by atoms with E-state index >= 15 is 0 Å². The number of hydrogen-bond acceptors (Lipinski definition) is 4. The van der Waals surface area contributed by atoms with Crippen LogP contribution in [0.1, 0.15) is 53.1 Å². The van der Waals surface area contributed by atoms with Crippen molar-refractivity contribution in [2.75, 3.05) is 7.11 Å². The molecule has 1 amide bonds. The van der Waals surface area contributed by atoms with Crippen LogP contribution in [0.4, 0.5) is 0 Å². The van der Waals surface area contributed by atoms with E-state index in [9.17, 15) is 4.79 Å². The lowest BCUT2D eigenvalue weighted by Gasteiger charge is -2.28. The highest BCUT2D eigenvalue weighted by atomic mass is 16.5. The largest absolute Gasteiger partial charge is 0.381 e. The Hall–Kier alpha value is -1.95. The summed E-state index contributed by atoms with van der Waals surface area (Å²) in [5.41, 5.74) is 3.82. The zero-order valence-electron chi connectivity index (χ0n) is 14.2. The van der Waals surface area contributed by atoms with Crippen molar-refractivity contribution < 1.29 is 9.53 Å². The van der Waals surface area contributed by atoms with E-state index in [2.05, 4.69) is 15.4 Å². The topological polar surface area (TPSA) is 68.5 Å². The Bertz CT molecular complexity index is 730. The summed E-state index contributed by atoms with van der Waals surface area (Å²) in [5, 5.41) is 7.62. The molecule has 0 spiro atoms. The summed E-state index contributed by atoms with van der Waals surface area (Å²) in [6, 6.07) is 2.17. The first-order valence-corrected chi connectivity index (χ1v) is 8.17. The average molecular weight is 316 g/mol. The Morgan fingerprint density at radius 3 is 2.61 bits per heavy atom. The first kappa shape index (κ1) is 15.9. The van der Waals surface area contributed by atoms with E-state index in [4.69, 9.17) is 4.74 Å². The van der Waals surface area contributed by atoms with Crippen LogP contribution in [0.5, 0.6) is 0 Å². The maximum Gasteiger partial charge on any atom is 0.257 e. The molecule has 0 unspecified atom stereocenters. The van der Waals surface area contributed by atoms with Gasteiger partial charge in [0.25, 0.3) is 5.91 Å². The maximum absolute atomic E-state index is 12.7. The van der Waals surface area contributed by atoms with E-state index in [-0.39, 0.29) is 11.9 Å². The monoisotopic (exact) mass is 316 g/mol. The number of aryl methyl sites for hydroxylation is 3. The van der Waals surface area contributed by atoms with Gasteiger partial charge in [-0.05, 0) is 52.5 Å². The van der Waals surface area contributed by atoms with Crippen molar-refractivity contribution >= 4 is 11.6 Å². The molecule has 23 heavy (non-hydrogen) atoms. The van der Waals surface area contributed by atoms with Crippen LogP contribution < -0.4 is 5.32 Å². The fourth-order valence-corrected chi connectivity index (χ4v) is 3.39. The lowest BCUT2D eigenvalue weighted by molar-refractivity contribution is 0.0599. The zero-order valence-corrected chi connectivity index (χ0v) is 14.2. The Balaban J connectivity index is 1.83. The SMILES string of the molecule is COC1CCC(NC(=O)c2c(C)nn3c(C)cc(C)nc23)CC1. The Morgan fingerprint density at radius 2 is 1.96 bits per heavy atom. The number of nitrogens with one attached hydrogen (secondary N) is 1. The second-order valence-electron chi connectivity index (χ2n) is 6.42. The molecule has 1 aliphatic rings. The van der Waals surface area contributed by atoms with Crippen LogP contribution in [0.3, 0.4) is 0 Å². The summed E-state index contributed by atoms with van der Waals surface area (Å²) in [6.07, 6.45) is 4.22. The second kappa shape index (κ2) is 6.28. The quantitative estimate of drug-likeness (QED) is 0.944. The van der Waals surface area contributed by atoms with Gasteiger partial charge in [0, 0.05) is 24.5 Å². The molecule has 2 heterocycles. The fourth-order valence-electron chi connectivity index (χ4n) is 3.39. The summed E-state index contributed by atoms with van der Waals surface area (Å²) in [6.45, 7) is 5.77. The first-order chi connectivity index (χ1) is 11.0. The van der Waals surface area contributed by atoms with Crippen LogP contribution in [0.2, 0.25) is 0 Å². The average Bonchev–Trinajstić information content (AvgIpc) is 2.84. The van der Waals surface area contributed by atoms with Gasteiger partial charge in [0.1, 0.15) is 5.56 Å². The van der Waals surface area contributed by atoms with Crippen molar-refractivity contribution in [3.8, 4) is 0 Å². The van der Waals surface area contributed by atoms with Crippen LogP contribution in [0.15, 0.2) is 6.07 Å². The smallest absolute Gasteiger partial charge is 0.257 e. The Kier molecular flexibility index (Phi) is 4.35. The van der Waals surface area contributed by atoms with E-state index in [0.717, 1.165) is 37.1 Å². The molecular formula is C17H24N4O2. The van der Waals surface area contributed by atoms with Crippen LogP contribution in [0.25, 0.3) is 5.65 Å². The number of rotatable bonds is 3. The third-order valence-electron chi connectivity index (χ3n) is 4.64. The molecule has 0 aliphatic heterocycles. The number of ether oxygens (including phenoxy) is 1. The minimum absolute atomic E-state index is 0.0733. The second-order valence-corrected chi connectivity index (χ2v) is 6.42. The zero-order chi connectivity index (χ0) is 16.6. The van der Waals surface area contributed by atoms with Crippen molar-refractivity contribution in [1.29, 1.82) is 0 Å². The molecule has 2 aromatic heterocycles. The van der Waals surface area contributed by atoms with Gasteiger partial charge >= 0.3 is 0 Å². The predicted octanol–water partition coefficient (Wildman–Crippen LogP) is 2.34. The Labute approximate surface area is 136 Å². The van der Waals surface area contributed by atoms with Crippen molar-refractivity contribution in [2.45, 2.75) is 58.6 Å². The number of nitrogens with zero attached hydrogens (tertiary/aromatic N) is 3. The van der Waals surface area contributed by atoms with Gasteiger partial charge in [0.05, 0.1) is 11.8 Å². The van der Waals surface area contributed by atoms with Crippen LogP contribution in [-0.4, -0.2) is 39.8 Å². The van der Waals surface area contributed by atoms with E-state index < -0.39 is 0 Å². The highest BCUT2D eigenvalue weighted by Gasteiger charge is 2.25. The molecule has 1 fully saturated rings. The van der Waals surface area contributed by atoms with E-state index in [1.54, 1.807) is 11.6 Å². The minimum Gasteiger partial charge on any atom is -0.381 e. The van der Waals surface area contributed by atoms with Gasteiger partial charge in [0.2, 0.25) is 0 Å². The molecule has 1 N–H and O–H groups in total. The number of amides is 1. The maximum atomic E-state index is 12.7. The number of fused-ring (bicyclic) bond motifs is 1. The number of methoxy groups -OCH3 is 1. The molecule has 1 aliphatic carbocycles. The number of hydrogen-bond donors (Lipinski definition) is 1. The van der Waals surface area contributed by atoms with Crippen LogP contribution in [0, 0.1) is 20.8 Å². The molecule has 1 saturated carbocycles. The molecule has 0 bridgehead atoms. The van der Waals surface area contributed by atoms with Crippen molar-refractivity contribution in [3.05, 3.63) is 28.7 Å². The molecule has 0 radical (unpaired) electrons. The van der Waals surface area contributed by atoms with Gasteiger partial charge in [-0.2, -0.15) is 5.10 Å². The van der Waals surface area contributed by atoms with Crippen molar-refractivity contribution in [3.63, 3.8) is 0 Å². The highest BCUT2D eigenvalue weighted by molar-refractivity contribution is 6.01. The van der Waals surface area contributed by atoms with Gasteiger partial charge in [-0.3, -0.25) is 4.79 Å². The van der Waals surface area contributed by atoms with Gasteiger partial charge in [-0.25, -0.2) is 9.50 Å². The number of carbonyl (C=O) groups excluding carboxylic acids is 1. The molecule has 2 aromatic rings. The molecule has 0 saturated heterocycles. The van der Waals surface area contributed by atoms with E-state index in [0.29, 0.717) is 23.0 Å². The highest BCUT2D eigenvalue weighted by Crippen LogP contribution is 2.22. The fraction of sp³-hybridized carbons (Fsp3) is 0.588. The van der Waals surface area contributed by atoms with Gasteiger partial charge in [0.15, 0.2) is 5.65 Å². The normalized spacial score (nSPS) is 21.6. The summed E-state index contributed by atoms with van der Waals surface area (Å²) in [5.74, 6) is -0.0733. The summed E-state index contributed by atoms with van der Waals surface area (Å²) in [7, 11) is 1.75. The van der Waals surface area contributed by atoms with Crippen molar-refractivity contribution in [2.24, 2.45) is 0 Å². The van der Waals surface area contributed by atoms with Crippen LogP contribution >= 0.6 is 0 Å². The van der Waals surface area contributed by atoms with Crippen LogP contribution in [-0.2, 0) is 4.74 Å². The molecule has 6 heteroatoms. The lowest BCUT2D eigenvalue weighted by atomic mass is 9.93. The molecule has 3 rings (SSSR count). The standard InChI is InChI=1S/C17H24N4O2/c1-10-9-11(2)21-16(18-10)15(12(3)20-21)17(22)19-13-5-7-14(23-4)8-6-13/h9,13-14H,5-8H2,1-4H3,(H,19,22). The molecular weight excluding hydrogens is 292 g/mol. The Morgan fingerprint density at radius 1 is 1.26 bits per heavy atom. The number of aromatic nitrogens is 3. The van der Waals surface area contributed by atoms with Gasteiger partial charge in [-0.1, -0.05) is 0 Å². The van der Waals surface area contributed by atoms with Gasteiger partial charge in [-0.15, -0.1) is 0 Å². The molecule has 0 atom stereocenters. The van der Waals surface area contributed by atoms with Gasteiger partial charge < -0.3 is 10.1 Å². The lowest BCUT2D eigenvalue weighted by Crippen LogP contribution is -2.39. The summed E-state index contributed by atoms with van der Waals surface area (Å²) >= 11 is 0. The van der Waals surface area contributed by atoms with E-state index in [1.165, 1.54) is 0 Å². The summed E-state index contributed by atoms with van der Waals surface area (Å²) in [4.78, 5) is 17.3. The van der Waals surface area contributed by atoms with E-state index in [1.807, 2.05) is 26.8 Å². The molecule has 124 valence electrons. The first-order valence-electron chi connectivity index (χ1n) is 8.17. The third kappa shape index (κ3) is 3.08.